The smallest absolute Gasteiger partial charge is 0.144 e. The molecule has 0 radical (unpaired) electrons. The lowest BCUT2D eigenvalue weighted by molar-refractivity contribution is 0.469. The molecule has 3 aromatic rings. The van der Waals surface area contributed by atoms with Gasteiger partial charge in [0.05, 0.1) is 26.2 Å². The number of aryl methyl sites for hydroxylation is 1. The lowest BCUT2D eigenvalue weighted by Gasteiger charge is -2.03. The van der Waals surface area contributed by atoms with Crippen LogP contribution in [-0.4, -0.2) is 14.7 Å². The molecule has 0 unspecified atom stereocenters. The second-order valence-electron chi connectivity index (χ2n) is 3.87. The summed E-state index contributed by atoms with van der Waals surface area (Å²) >= 11 is 6.80. The molecular formula is C12H8Br2N2O. The Hall–Kier alpha value is -1.07. The molecule has 0 saturated heterocycles. The molecule has 0 aliphatic rings. The fourth-order valence-corrected chi connectivity index (χ4v) is 3.42. The maximum Gasteiger partial charge on any atom is 0.144 e. The minimum Gasteiger partial charge on any atom is -0.506 e. The first-order valence-electron chi connectivity index (χ1n) is 5.00. The summed E-state index contributed by atoms with van der Waals surface area (Å²) in [6.45, 7) is 0. The number of halogens is 2. The Morgan fingerprint density at radius 3 is 2.82 bits per heavy atom. The van der Waals surface area contributed by atoms with Crippen LogP contribution in [-0.2, 0) is 7.05 Å². The van der Waals surface area contributed by atoms with Gasteiger partial charge in [-0.15, -0.1) is 0 Å². The highest BCUT2D eigenvalue weighted by molar-refractivity contribution is 9.11. The highest BCUT2D eigenvalue weighted by Crippen LogP contribution is 2.42. The van der Waals surface area contributed by atoms with Crippen LogP contribution in [0.4, 0.5) is 0 Å². The second kappa shape index (κ2) is 3.71. The molecule has 0 spiro atoms. The maximum atomic E-state index is 9.95. The van der Waals surface area contributed by atoms with E-state index >= 15 is 0 Å². The van der Waals surface area contributed by atoms with Gasteiger partial charge in [-0.3, -0.25) is 4.98 Å². The second-order valence-corrected chi connectivity index (χ2v) is 5.51. The summed E-state index contributed by atoms with van der Waals surface area (Å²) < 4.78 is 3.45. The number of phenolic OH excluding ortho intramolecular Hbond substituents is 1. The first-order chi connectivity index (χ1) is 8.11. The molecule has 0 fully saturated rings. The third-order valence-corrected chi connectivity index (χ3v) is 4.34. The van der Waals surface area contributed by atoms with E-state index in [4.69, 9.17) is 0 Å². The topological polar surface area (TPSA) is 38.0 Å². The van der Waals surface area contributed by atoms with Crippen LogP contribution in [0.15, 0.2) is 33.5 Å². The summed E-state index contributed by atoms with van der Waals surface area (Å²) in [5, 5.41) is 12.0. The van der Waals surface area contributed by atoms with Crippen molar-refractivity contribution in [2.45, 2.75) is 0 Å². The highest BCUT2D eigenvalue weighted by atomic mass is 79.9. The van der Waals surface area contributed by atoms with Crippen LogP contribution in [0.2, 0.25) is 0 Å². The van der Waals surface area contributed by atoms with Crippen LogP contribution in [0.1, 0.15) is 0 Å². The van der Waals surface area contributed by atoms with Crippen LogP contribution in [0.3, 0.4) is 0 Å². The van der Waals surface area contributed by atoms with E-state index in [0.717, 1.165) is 21.8 Å². The molecule has 3 nitrogen and oxygen atoms in total. The molecular weight excluding hydrogens is 348 g/mol. The Morgan fingerprint density at radius 1 is 1.29 bits per heavy atom. The van der Waals surface area contributed by atoms with E-state index < -0.39 is 0 Å². The third-order valence-electron chi connectivity index (χ3n) is 2.97. The van der Waals surface area contributed by atoms with Crippen LogP contribution >= 0.6 is 31.9 Å². The summed E-state index contributed by atoms with van der Waals surface area (Å²) in [5.74, 6) is 0.224. The molecule has 86 valence electrons. The summed E-state index contributed by atoms with van der Waals surface area (Å²) in [7, 11) is 1.99. The van der Waals surface area contributed by atoms with Crippen LogP contribution in [0.5, 0.6) is 5.75 Å². The molecule has 0 atom stereocenters. The summed E-state index contributed by atoms with van der Waals surface area (Å²) in [5.41, 5.74) is 2.09. The number of aromatic hydroxyl groups is 1. The Morgan fingerprint density at radius 2 is 2.06 bits per heavy atom. The number of hydrogen-bond donors (Lipinski definition) is 1. The number of fused-ring (bicyclic) bond motifs is 3. The van der Waals surface area contributed by atoms with E-state index in [0.29, 0.717) is 8.95 Å². The largest absolute Gasteiger partial charge is 0.506 e. The summed E-state index contributed by atoms with van der Waals surface area (Å²) in [6, 6.07) is 3.87. The number of nitrogens with zero attached hydrogens (tertiary/aromatic N) is 2. The van der Waals surface area contributed by atoms with Gasteiger partial charge in [-0.2, -0.15) is 0 Å². The fraction of sp³-hybridized carbons (Fsp3) is 0.0833. The van der Waals surface area contributed by atoms with Crippen LogP contribution < -0.4 is 0 Å². The lowest BCUT2D eigenvalue weighted by atomic mass is 10.2. The van der Waals surface area contributed by atoms with Gasteiger partial charge in [-0.25, -0.2) is 0 Å². The number of pyridine rings is 1. The van der Waals surface area contributed by atoms with Crippen molar-refractivity contribution < 1.29 is 5.11 Å². The molecule has 0 saturated carbocycles. The normalized spacial score (nSPS) is 11.5. The van der Waals surface area contributed by atoms with E-state index in [1.165, 1.54) is 0 Å². The zero-order valence-corrected chi connectivity index (χ0v) is 12.1. The van der Waals surface area contributed by atoms with Crippen molar-refractivity contribution in [3.8, 4) is 5.75 Å². The quantitative estimate of drug-likeness (QED) is 0.662. The summed E-state index contributed by atoms with van der Waals surface area (Å²) in [4.78, 5) is 4.13. The molecule has 5 heteroatoms. The molecule has 2 heterocycles. The fourth-order valence-electron chi connectivity index (χ4n) is 2.11. The molecule has 2 aromatic heterocycles. The van der Waals surface area contributed by atoms with Gasteiger partial charge >= 0.3 is 0 Å². The predicted octanol–water partition coefficient (Wildman–Crippen LogP) is 3.96. The van der Waals surface area contributed by atoms with Crippen molar-refractivity contribution in [2.75, 3.05) is 0 Å². The van der Waals surface area contributed by atoms with Gasteiger partial charge in [0.1, 0.15) is 5.75 Å². The highest BCUT2D eigenvalue weighted by Gasteiger charge is 2.15. The van der Waals surface area contributed by atoms with Crippen LogP contribution in [0.25, 0.3) is 21.8 Å². The van der Waals surface area contributed by atoms with E-state index in [2.05, 4.69) is 41.4 Å². The standard InChI is InChI=1S/C12H8Br2N2O/c1-16-8-4-7(13)12(17)11(14)10(8)6-2-3-15-5-9(6)16/h2-5,17H,1H3. The number of rotatable bonds is 0. The minimum absolute atomic E-state index is 0.224. The zero-order valence-electron chi connectivity index (χ0n) is 8.91. The number of hydrogen-bond acceptors (Lipinski definition) is 2. The molecule has 0 amide bonds. The monoisotopic (exact) mass is 354 g/mol. The van der Waals surface area contributed by atoms with E-state index in [1.807, 2.05) is 25.4 Å². The summed E-state index contributed by atoms with van der Waals surface area (Å²) in [6.07, 6.45) is 3.58. The number of phenols is 1. The van der Waals surface area contributed by atoms with Gasteiger partial charge in [0.2, 0.25) is 0 Å². The van der Waals surface area contributed by atoms with Gasteiger partial charge in [-0.05, 0) is 44.0 Å². The zero-order chi connectivity index (χ0) is 12.2. The first-order valence-corrected chi connectivity index (χ1v) is 6.59. The first kappa shape index (κ1) is 11.0. The van der Waals surface area contributed by atoms with Crippen molar-refractivity contribution in [3.05, 3.63) is 33.5 Å². The lowest BCUT2D eigenvalue weighted by Crippen LogP contribution is -1.87. The Labute approximate surface area is 114 Å². The van der Waals surface area contributed by atoms with Crippen molar-refractivity contribution in [2.24, 2.45) is 7.05 Å². The van der Waals surface area contributed by atoms with Crippen molar-refractivity contribution in [1.82, 2.24) is 9.55 Å². The van der Waals surface area contributed by atoms with Gasteiger partial charge in [0.15, 0.2) is 0 Å². The molecule has 0 aliphatic carbocycles. The SMILES string of the molecule is Cn1c2cnccc2c2c(Br)c(O)c(Br)cc21. The average Bonchev–Trinajstić information content (AvgIpc) is 2.61. The maximum absolute atomic E-state index is 9.95. The van der Waals surface area contributed by atoms with Gasteiger partial charge in [0.25, 0.3) is 0 Å². The van der Waals surface area contributed by atoms with Crippen LogP contribution in [0, 0.1) is 0 Å². The number of aromatic nitrogens is 2. The van der Waals surface area contributed by atoms with Crippen molar-refractivity contribution in [3.63, 3.8) is 0 Å². The van der Waals surface area contributed by atoms with Gasteiger partial charge in [0, 0.05) is 24.0 Å². The van der Waals surface area contributed by atoms with E-state index in [9.17, 15) is 5.11 Å². The predicted molar refractivity (Wildman–Crippen MR) is 75.3 cm³/mol. The van der Waals surface area contributed by atoms with E-state index in [-0.39, 0.29) is 5.75 Å². The minimum atomic E-state index is 0.224. The van der Waals surface area contributed by atoms with Crippen molar-refractivity contribution in [1.29, 1.82) is 0 Å². The Kier molecular flexibility index (Phi) is 2.41. The Bertz CT molecular complexity index is 749. The molecule has 17 heavy (non-hydrogen) atoms. The van der Waals surface area contributed by atoms with Gasteiger partial charge in [-0.1, -0.05) is 0 Å². The van der Waals surface area contributed by atoms with Crippen molar-refractivity contribution >= 4 is 53.7 Å². The molecule has 0 bridgehead atoms. The Balaban J connectivity index is 2.68. The molecule has 1 aromatic carbocycles. The van der Waals surface area contributed by atoms with Gasteiger partial charge < -0.3 is 9.67 Å². The number of benzene rings is 1. The molecule has 3 rings (SSSR count). The van der Waals surface area contributed by atoms with E-state index in [1.54, 1.807) is 6.20 Å². The molecule has 1 N–H and O–H groups in total. The molecule has 0 aliphatic heterocycles. The average molecular weight is 356 g/mol. The third kappa shape index (κ3) is 1.42.